The van der Waals surface area contributed by atoms with E-state index in [-0.39, 0.29) is 28.2 Å². The molecule has 3 heteroatoms. The minimum absolute atomic E-state index is 0.0397. The first-order valence-electron chi connectivity index (χ1n) is 11.1. The van der Waals surface area contributed by atoms with E-state index in [4.69, 9.17) is 4.74 Å². The first-order chi connectivity index (χ1) is 14.2. The molecule has 0 aromatic heterocycles. The highest BCUT2D eigenvalue weighted by molar-refractivity contribution is 5.59. The number of allylic oxidation sites excluding steroid dienone is 2. The van der Waals surface area contributed by atoms with Gasteiger partial charge in [-0.05, 0) is 61.6 Å². The van der Waals surface area contributed by atoms with Gasteiger partial charge in [-0.25, -0.2) is 4.39 Å². The normalized spacial score (nSPS) is 29.5. The predicted octanol–water partition coefficient (Wildman–Crippen LogP) is 7.03. The van der Waals surface area contributed by atoms with Gasteiger partial charge in [-0.3, -0.25) is 0 Å². The van der Waals surface area contributed by atoms with Gasteiger partial charge >= 0.3 is 0 Å². The number of phenols is 1. The van der Waals surface area contributed by atoms with E-state index in [2.05, 4.69) is 52.8 Å². The molecule has 0 saturated carbocycles. The molecule has 4 atom stereocenters. The van der Waals surface area contributed by atoms with Gasteiger partial charge in [0.15, 0.2) is 0 Å². The van der Waals surface area contributed by atoms with Crippen LogP contribution in [0, 0.1) is 11.2 Å². The zero-order chi connectivity index (χ0) is 21.7. The van der Waals surface area contributed by atoms with E-state index in [9.17, 15) is 9.50 Å². The summed E-state index contributed by atoms with van der Waals surface area (Å²) in [6.45, 7) is 11.0. The lowest BCUT2D eigenvalue weighted by Gasteiger charge is -2.54. The fourth-order valence-electron chi connectivity index (χ4n) is 5.77. The molecule has 30 heavy (non-hydrogen) atoms. The van der Waals surface area contributed by atoms with Crippen molar-refractivity contribution in [3.05, 3.63) is 71.1 Å². The van der Waals surface area contributed by atoms with E-state index in [1.165, 1.54) is 12.1 Å². The number of rotatable bonds is 4. The SMILES string of the molecule is CCCC(C)(c1ccc(F)cc1)c1cc(O)c2c(c1)OC(C)C1(C)CCC=CC21C. The van der Waals surface area contributed by atoms with Crippen molar-refractivity contribution in [2.24, 2.45) is 5.41 Å². The van der Waals surface area contributed by atoms with Gasteiger partial charge in [-0.15, -0.1) is 0 Å². The number of fused-ring (bicyclic) bond motifs is 3. The highest BCUT2D eigenvalue weighted by atomic mass is 19.1. The first kappa shape index (κ1) is 21.0. The summed E-state index contributed by atoms with van der Waals surface area (Å²) in [6.07, 6.45) is 8.47. The number of hydrogen-bond acceptors (Lipinski definition) is 2. The van der Waals surface area contributed by atoms with E-state index in [0.717, 1.165) is 48.1 Å². The molecule has 4 rings (SSSR count). The second-order valence-corrected chi connectivity index (χ2v) is 9.78. The fourth-order valence-corrected chi connectivity index (χ4v) is 5.77. The van der Waals surface area contributed by atoms with Gasteiger partial charge in [0, 0.05) is 21.8 Å². The van der Waals surface area contributed by atoms with Crippen LogP contribution in [0.4, 0.5) is 4.39 Å². The van der Waals surface area contributed by atoms with Gasteiger partial charge < -0.3 is 9.84 Å². The summed E-state index contributed by atoms with van der Waals surface area (Å²) in [5, 5.41) is 11.3. The molecular weight excluding hydrogens is 375 g/mol. The van der Waals surface area contributed by atoms with E-state index >= 15 is 0 Å². The molecule has 0 saturated heterocycles. The van der Waals surface area contributed by atoms with Gasteiger partial charge in [-0.2, -0.15) is 0 Å². The largest absolute Gasteiger partial charge is 0.507 e. The van der Waals surface area contributed by atoms with Crippen LogP contribution in [-0.2, 0) is 10.8 Å². The number of hydrogen-bond donors (Lipinski definition) is 1. The van der Waals surface area contributed by atoms with E-state index in [0.29, 0.717) is 5.75 Å². The molecule has 1 aliphatic heterocycles. The Balaban J connectivity index is 1.90. The van der Waals surface area contributed by atoms with Gasteiger partial charge in [0.25, 0.3) is 0 Å². The minimum Gasteiger partial charge on any atom is -0.507 e. The fraction of sp³-hybridized carbons (Fsp3) is 0.481. The van der Waals surface area contributed by atoms with Crippen molar-refractivity contribution in [3.63, 3.8) is 0 Å². The first-order valence-corrected chi connectivity index (χ1v) is 11.1. The Bertz CT molecular complexity index is 979. The molecule has 0 radical (unpaired) electrons. The Morgan fingerprint density at radius 3 is 2.53 bits per heavy atom. The average molecular weight is 409 g/mol. The summed E-state index contributed by atoms with van der Waals surface area (Å²) in [5.74, 6) is 0.826. The Labute approximate surface area is 179 Å². The minimum atomic E-state index is -0.342. The van der Waals surface area contributed by atoms with Crippen LogP contribution >= 0.6 is 0 Å². The molecule has 1 heterocycles. The van der Waals surface area contributed by atoms with Gasteiger partial charge in [0.2, 0.25) is 0 Å². The van der Waals surface area contributed by atoms with Crippen LogP contribution in [0.5, 0.6) is 11.5 Å². The van der Waals surface area contributed by atoms with Crippen LogP contribution in [0.1, 0.15) is 77.0 Å². The van der Waals surface area contributed by atoms with Crippen molar-refractivity contribution < 1.29 is 14.2 Å². The molecule has 4 unspecified atom stereocenters. The second kappa shape index (κ2) is 7.14. The molecule has 2 aromatic rings. The maximum atomic E-state index is 13.6. The second-order valence-electron chi connectivity index (χ2n) is 9.78. The monoisotopic (exact) mass is 408 g/mol. The van der Waals surface area contributed by atoms with Crippen LogP contribution < -0.4 is 4.74 Å². The Hall–Kier alpha value is -2.29. The van der Waals surface area contributed by atoms with Crippen LogP contribution in [0.3, 0.4) is 0 Å². The third-order valence-corrected chi connectivity index (χ3v) is 8.14. The average Bonchev–Trinajstić information content (AvgIpc) is 2.69. The molecule has 0 fully saturated rings. The predicted molar refractivity (Wildman–Crippen MR) is 120 cm³/mol. The van der Waals surface area contributed by atoms with Crippen LogP contribution in [-0.4, -0.2) is 11.2 Å². The highest BCUT2D eigenvalue weighted by Gasteiger charge is 2.55. The molecule has 2 aromatic carbocycles. The van der Waals surface area contributed by atoms with Crippen molar-refractivity contribution in [1.29, 1.82) is 0 Å². The number of halogens is 1. The summed E-state index contributed by atoms with van der Waals surface area (Å²) < 4.78 is 20.0. The van der Waals surface area contributed by atoms with Crippen LogP contribution in [0.2, 0.25) is 0 Å². The number of benzene rings is 2. The highest BCUT2D eigenvalue weighted by Crippen LogP contribution is 2.60. The van der Waals surface area contributed by atoms with Crippen LogP contribution in [0.15, 0.2) is 48.6 Å². The zero-order valence-corrected chi connectivity index (χ0v) is 18.8. The molecular formula is C27H33FO2. The lowest BCUT2D eigenvalue weighted by molar-refractivity contribution is -0.00879. The summed E-state index contributed by atoms with van der Waals surface area (Å²) in [7, 11) is 0. The number of ether oxygens (including phenoxy) is 1. The molecule has 160 valence electrons. The van der Waals surface area contributed by atoms with Crippen molar-refractivity contribution in [3.8, 4) is 11.5 Å². The van der Waals surface area contributed by atoms with Crippen molar-refractivity contribution in [2.45, 2.75) is 77.2 Å². The lowest BCUT2D eigenvalue weighted by Crippen LogP contribution is -2.53. The zero-order valence-electron chi connectivity index (χ0n) is 18.8. The van der Waals surface area contributed by atoms with Gasteiger partial charge in [0.05, 0.1) is 0 Å². The molecule has 2 aliphatic rings. The van der Waals surface area contributed by atoms with Crippen molar-refractivity contribution in [2.75, 3.05) is 0 Å². The summed E-state index contributed by atoms with van der Waals surface area (Å²) >= 11 is 0. The smallest absolute Gasteiger partial charge is 0.127 e. The van der Waals surface area contributed by atoms with E-state index in [1.807, 2.05) is 18.2 Å². The molecule has 1 N–H and O–H groups in total. The topological polar surface area (TPSA) is 29.5 Å². The van der Waals surface area contributed by atoms with Crippen molar-refractivity contribution in [1.82, 2.24) is 0 Å². The molecule has 2 nitrogen and oxygen atoms in total. The summed E-state index contributed by atoms with van der Waals surface area (Å²) in [5.41, 5.74) is 2.25. The van der Waals surface area contributed by atoms with E-state index in [1.54, 1.807) is 0 Å². The Morgan fingerprint density at radius 1 is 1.17 bits per heavy atom. The number of phenolic OH excluding ortho intramolecular Hbond substituents is 1. The van der Waals surface area contributed by atoms with Crippen molar-refractivity contribution >= 4 is 0 Å². The third-order valence-electron chi connectivity index (χ3n) is 8.14. The Morgan fingerprint density at radius 2 is 1.87 bits per heavy atom. The maximum absolute atomic E-state index is 13.6. The Kier molecular flexibility index (Phi) is 4.99. The lowest BCUT2D eigenvalue weighted by atomic mass is 9.54. The van der Waals surface area contributed by atoms with Crippen LogP contribution in [0.25, 0.3) is 0 Å². The molecule has 1 aliphatic carbocycles. The summed E-state index contributed by atoms with van der Waals surface area (Å²) in [6, 6.07) is 10.8. The third kappa shape index (κ3) is 2.89. The maximum Gasteiger partial charge on any atom is 0.127 e. The van der Waals surface area contributed by atoms with Gasteiger partial charge in [-0.1, -0.05) is 58.4 Å². The van der Waals surface area contributed by atoms with Gasteiger partial charge in [0.1, 0.15) is 23.4 Å². The quantitative estimate of drug-likeness (QED) is 0.550. The summed E-state index contributed by atoms with van der Waals surface area (Å²) in [4.78, 5) is 0. The number of aromatic hydroxyl groups is 1. The molecule has 0 bridgehead atoms. The molecule has 0 amide bonds. The van der Waals surface area contributed by atoms with E-state index < -0.39 is 0 Å². The molecule has 0 spiro atoms. The standard InChI is InChI=1S/C27H33FO2/c1-6-13-25(3,19-9-11-21(28)12-10-19)20-16-22(29)24-23(17-20)30-18(2)26(4)14-7-8-15-27(24,26)5/h8-12,15-18,29H,6-7,13-14H2,1-5H3.